The Morgan fingerprint density at radius 3 is 2.16 bits per heavy atom. The van der Waals surface area contributed by atoms with Crippen molar-refractivity contribution in [2.75, 3.05) is 0 Å². The van der Waals surface area contributed by atoms with Gasteiger partial charge in [-0.1, -0.05) is 42.0 Å². The molecule has 1 unspecified atom stereocenters. The van der Waals surface area contributed by atoms with Gasteiger partial charge in [0.25, 0.3) is 0 Å². The summed E-state index contributed by atoms with van der Waals surface area (Å²) in [6.07, 6.45) is 3.08. The summed E-state index contributed by atoms with van der Waals surface area (Å²) in [6.45, 7) is 3.57. The van der Waals surface area contributed by atoms with Gasteiger partial charge in [-0.2, -0.15) is 12.6 Å². The van der Waals surface area contributed by atoms with Gasteiger partial charge in [0.15, 0.2) is 6.39 Å². The molecule has 2 aliphatic rings. The molecule has 25 heavy (non-hydrogen) atoms. The number of rotatable bonds is 2. The van der Waals surface area contributed by atoms with E-state index in [2.05, 4.69) is 36.7 Å². The van der Waals surface area contributed by atoms with E-state index in [1.807, 2.05) is 18.2 Å². The van der Waals surface area contributed by atoms with Crippen LogP contribution in [-0.2, 0) is 4.79 Å². The Balaban J connectivity index is 0.000000148. The highest BCUT2D eigenvalue weighted by Gasteiger charge is 2.02. The van der Waals surface area contributed by atoms with E-state index in [0.717, 1.165) is 21.7 Å². The number of carboxylic acid groups (broad SMARTS) is 1. The fourth-order valence-corrected chi connectivity index (χ4v) is 1.82. The first kappa shape index (κ1) is 18.7. The molecule has 0 fully saturated rings. The molecule has 130 valence electrons. The standard InChI is InChI=1S/C10H9NO.C6H3F.C3H6O2S/c1-8-2-4-9(5-3-8)10-6-12-7-11-10;7-6-3-4-1-2-5(4)6;1-2(6)3(4)5/h2-7H,1H3;1-3H;2,6H,1H3,(H,4,5). The second-order valence-electron chi connectivity index (χ2n) is 5.45. The number of carboxylic acids is 1. The topological polar surface area (TPSA) is 63.3 Å². The van der Waals surface area contributed by atoms with Crippen molar-refractivity contribution in [2.45, 2.75) is 19.1 Å². The average Bonchev–Trinajstić information content (AvgIpc) is 3.08. The smallest absolute Gasteiger partial charge is 0.316 e. The molecule has 0 spiro atoms. The number of aryl methyl sites for hydroxylation is 1. The van der Waals surface area contributed by atoms with E-state index in [9.17, 15) is 9.18 Å². The van der Waals surface area contributed by atoms with Crippen LogP contribution in [-0.4, -0.2) is 21.3 Å². The monoisotopic (exact) mass is 359 g/mol. The maximum absolute atomic E-state index is 12.0. The van der Waals surface area contributed by atoms with Crippen molar-refractivity contribution < 1.29 is 18.7 Å². The third-order valence-electron chi connectivity index (χ3n) is 3.42. The van der Waals surface area contributed by atoms with Gasteiger partial charge in [0, 0.05) is 10.8 Å². The van der Waals surface area contributed by atoms with Crippen LogP contribution in [0.5, 0.6) is 0 Å². The molecule has 0 saturated heterocycles. The third kappa shape index (κ3) is 5.19. The van der Waals surface area contributed by atoms with Gasteiger partial charge in [-0.15, -0.1) is 0 Å². The van der Waals surface area contributed by atoms with Gasteiger partial charge in [0.2, 0.25) is 0 Å². The summed E-state index contributed by atoms with van der Waals surface area (Å²) in [5.74, 6) is -0.934. The lowest BCUT2D eigenvalue weighted by atomic mass is 10.1. The van der Waals surface area contributed by atoms with Gasteiger partial charge in [0.05, 0.1) is 5.25 Å². The van der Waals surface area contributed by atoms with Crippen LogP contribution in [0.3, 0.4) is 0 Å². The van der Waals surface area contributed by atoms with Crippen LogP contribution < -0.4 is 0 Å². The van der Waals surface area contributed by atoms with Gasteiger partial charge >= 0.3 is 5.97 Å². The second kappa shape index (κ2) is 8.48. The number of thiol groups is 1. The zero-order chi connectivity index (χ0) is 18.4. The zero-order valence-corrected chi connectivity index (χ0v) is 14.7. The number of aromatic nitrogens is 1. The summed E-state index contributed by atoms with van der Waals surface area (Å²) in [6, 6.07) is 13.4. The molecule has 0 aliphatic heterocycles. The Morgan fingerprint density at radius 2 is 1.88 bits per heavy atom. The minimum Gasteiger partial charge on any atom is -0.480 e. The van der Waals surface area contributed by atoms with Gasteiger partial charge in [0.1, 0.15) is 17.8 Å². The van der Waals surface area contributed by atoms with E-state index in [1.54, 1.807) is 12.3 Å². The maximum atomic E-state index is 12.0. The van der Waals surface area contributed by atoms with Crippen molar-refractivity contribution in [1.29, 1.82) is 0 Å². The molecule has 0 amide bonds. The summed E-state index contributed by atoms with van der Waals surface area (Å²) in [5, 5.41) is 9.25. The van der Waals surface area contributed by atoms with Crippen LogP contribution >= 0.6 is 12.6 Å². The molecular formula is C19H18FNO3S. The number of oxazole rings is 1. The molecule has 0 bridgehead atoms. The molecule has 2 aliphatic carbocycles. The predicted octanol–water partition coefficient (Wildman–Crippen LogP) is 4.47. The fourth-order valence-electron chi connectivity index (χ4n) is 1.82. The van der Waals surface area contributed by atoms with Crippen LogP contribution in [0, 0.1) is 23.2 Å². The molecule has 4 nitrogen and oxygen atoms in total. The molecule has 4 rings (SSSR count). The van der Waals surface area contributed by atoms with Crippen molar-refractivity contribution in [1.82, 2.24) is 4.98 Å². The molecule has 1 atom stereocenters. The Bertz CT molecular complexity index is 922. The Hall–Kier alpha value is -2.60. The SMILES string of the molecule is CC(S)C(=O)O.Cc1ccc(-c2cocn2)cc1.Fc1cc2ccc1=2. The van der Waals surface area contributed by atoms with E-state index in [4.69, 9.17) is 9.52 Å². The highest BCUT2D eigenvalue weighted by molar-refractivity contribution is 7.81. The number of nitrogens with zero attached hydrogens (tertiary/aromatic N) is 1. The fraction of sp³-hybridized carbons (Fsp3) is 0.158. The lowest BCUT2D eigenvalue weighted by Gasteiger charge is -2.00. The van der Waals surface area contributed by atoms with Crippen LogP contribution in [0.2, 0.25) is 0 Å². The summed E-state index contributed by atoms with van der Waals surface area (Å²) in [7, 11) is 0. The maximum Gasteiger partial charge on any atom is 0.316 e. The van der Waals surface area contributed by atoms with Crippen molar-refractivity contribution in [2.24, 2.45) is 0 Å². The van der Waals surface area contributed by atoms with E-state index in [1.165, 1.54) is 24.9 Å². The number of hydrogen-bond donors (Lipinski definition) is 2. The van der Waals surface area contributed by atoms with Crippen molar-refractivity contribution in [3.05, 3.63) is 76.9 Å². The van der Waals surface area contributed by atoms with E-state index >= 15 is 0 Å². The van der Waals surface area contributed by atoms with E-state index in [-0.39, 0.29) is 5.82 Å². The summed E-state index contributed by atoms with van der Waals surface area (Å²) in [4.78, 5) is 13.7. The molecule has 6 heteroatoms. The quantitative estimate of drug-likeness (QED) is 0.519. The number of halogens is 1. The van der Waals surface area contributed by atoms with Crippen molar-refractivity contribution in [3.8, 4) is 11.3 Å². The average molecular weight is 359 g/mol. The lowest BCUT2D eigenvalue weighted by Crippen LogP contribution is -2.06. The van der Waals surface area contributed by atoms with E-state index < -0.39 is 11.2 Å². The lowest BCUT2D eigenvalue weighted by molar-refractivity contribution is -0.136. The molecule has 1 N–H and O–H groups in total. The highest BCUT2D eigenvalue weighted by Crippen LogP contribution is 2.16. The van der Waals surface area contributed by atoms with Gasteiger partial charge in [-0.3, -0.25) is 4.79 Å². The van der Waals surface area contributed by atoms with Gasteiger partial charge in [-0.05, 0) is 25.1 Å². The normalized spacial score (nSPS) is 11.4. The molecule has 2 aromatic rings. The first-order chi connectivity index (χ1) is 11.9. The molecule has 0 saturated carbocycles. The highest BCUT2D eigenvalue weighted by atomic mass is 32.1. The number of aliphatic carboxylic acids is 1. The summed E-state index contributed by atoms with van der Waals surface area (Å²) >= 11 is 3.59. The number of hydrogen-bond acceptors (Lipinski definition) is 4. The van der Waals surface area contributed by atoms with Crippen LogP contribution in [0.25, 0.3) is 11.3 Å². The first-order valence-electron chi connectivity index (χ1n) is 7.54. The largest absolute Gasteiger partial charge is 0.480 e. The molecular weight excluding hydrogens is 341 g/mol. The minimum absolute atomic E-state index is 0.0579. The van der Waals surface area contributed by atoms with Crippen LogP contribution in [0.4, 0.5) is 4.39 Å². The zero-order valence-electron chi connectivity index (χ0n) is 13.8. The van der Waals surface area contributed by atoms with Crippen LogP contribution in [0.15, 0.2) is 59.5 Å². The minimum atomic E-state index is -0.877. The van der Waals surface area contributed by atoms with Crippen LogP contribution in [0.1, 0.15) is 12.5 Å². The van der Waals surface area contributed by atoms with Crippen molar-refractivity contribution >= 4 is 18.6 Å². The van der Waals surface area contributed by atoms with Gasteiger partial charge in [-0.25, -0.2) is 9.37 Å². The molecule has 0 radical (unpaired) electrons. The van der Waals surface area contributed by atoms with Gasteiger partial charge < -0.3 is 9.52 Å². The van der Waals surface area contributed by atoms with Crippen molar-refractivity contribution in [3.63, 3.8) is 0 Å². The predicted molar refractivity (Wildman–Crippen MR) is 96.8 cm³/mol. The number of benzene rings is 2. The molecule has 1 aromatic heterocycles. The summed E-state index contributed by atoms with van der Waals surface area (Å²) in [5.41, 5.74) is 3.23. The Morgan fingerprint density at radius 1 is 1.24 bits per heavy atom. The van der Waals surface area contributed by atoms with E-state index in [0.29, 0.717) is 0 Å². The number of carbonyl (C=O) groups is 1. The second-order valence-corrected chi connectivity index (χ2v) is 6.22. The Labute approximate surface area is 150 Å². The molecule has 1 heterocycles. The first-order valence-corrected chi connectivity index (χ1v) is 8.06. The summed E-state index contributed by atoms with van der Waals surface area (Å²) < 4.78 is 16.9. The molecule has 1 aromatic carbocycles. The Kier molecular flexibility index (Phi) is 6.36. The third-order valence-corrected chi connectivity index (χ3v) is 3.64.